The zero-order valence-electron chi connectivity index (χ0n) is 6.49. The normalized spacial score (nSPS) is 9.58. The Bertz CT molecular complexity index is 452. The summed E-state index contributed by atoms with van der Waals surface area (Å²) >= 11 is 0. The van der Waals surface area contributed by atoms with Crippen LogP contribution in [0, 0.1) is 12.3 Å². The number of nitrogens with zero attached hydrogens (tertiary/aromatic N) is 1. The van der Waals surface area contributed by atoms with Gasteiger partial charge in [0.05, 0.1) is 5.52 Å². The molecule has 0 aliphatic rings. The van der Waals surface area contributed by atoms with Crippen LogP contribution in [0.15, 0.2) is 36.5 Å². The van der Waals surface area contributed by atoms with E-state index >= 15 is 0 Å². The Morgan fingerprint density at radius 2 is 2.17 bits per heavy atom. The Kier molecular flexibility index (Phi) is 1.53. The number of aromatic nitrogens is 1. The Morgan fingerprint density at radius 1 is 1.25 bits per heavy atom. The van der Waals surface area contributed by atoms with E-state index in [4.69, 9.17) is 6.42 Å². The van der Waals surface area contributed by atoms with Gasteiger partial charge in [0.1, 0.15) is 0 Å². The van der Waals surface area contributed by atoms with Crippen LogP contribution in [-0.4, -0.2) is 4.98 Å². The van der Waals surface area contributed by atoms with E-state index in [1.165, 1.54) is 0 Å². The van der Waals surface area contributed by atoms with Crippen molar-refractivity contribution in [2.24, 2.45) is 0 Å². The second-order valence-electron chi connectivity index (χ2n) is 2.56. The molecule has 0 spiro atoms. The van der Waals surface area contributed by atoms with Gasteiger partial charge < -0.3 is 0 Å². The third-order valence-corrected chi connectivity index (χ3v) is 1.77. The summed E-state index contributed by atoms with van der Waals surface area (Å²) in [7, 11) is 0. The molecule has 12 heavy (non-hydrogen) atoms. The third-order valence-electron chi connectivity index (χ3n) is 1.77. The minimum absolute atomic E-state index is 0.899. The molecule has 1 aromatic heterocycles. The van der Waals surface area contributed by atoms with Crippen LogP contribution in [0.3, 0.4) is 0 Å². The highest BCUT2D eigenvalue weighted by atomic mass is 14.6. The van der Waals surface area contributed by atoms with E-state index in [9.17, 15) is 0 Å². The predicted octanol–water partition coefficient (Wildman–Crippen LogP) is 2.22. The molecule has 0 atom stereocenters. The Labute approximate surface area is 71.1 Å². The zero-order chi connectivity index (χ0) is 8.39. The summed E-state index contributed by atoms with van der Waals surface area (Å²) in [6.45, 7) is 0. The lowest BCUT2D eigenvalue weighted by Crippen LogP contribution is -1.78. The van der Waals surface area contributed by atoms with Gasteiger partial charge in [-0.15, -0.1) is 6.42 Å². The molecule has 0 saturated carbocycles. The highest BCUT2D eigenvalue weighted by Gasteiger charge is 1.92. The summed E-state index contributed by atoms with van der Waals surface area (Å²) in [6, 6.07) is 9.70. The van der Waals surface area contributed by atoms with Crippen LogP contribution in [0.5, 0.6) is 0 Å². The van der Waals surface area contributed by atoms with Gasteiger partial charge in [0.2, 0.25) is 0 Å². The van der Waals surface area contributed by atoms with Crippen LogP contribution in [0.4, 0.5) is 0 Å². The Morgan fingerprint density at radius 3 is 3.00 bits per heavy atom. The highest BCUT2D eigenvalue weighted by Crippen LogP contribution is 2.11. The van der Waals surface area contributed by atoms with E-state index < -0.39 is 0 Å². The van der Waals surface area contributed by atoms with Crippen LogP contribution in [0.1, 0.15) is 5.56 Å². The largest absolute Gasteiger partial charge is 0.256 e. The second kappa shape index (κ2) is 2.67. The molecule has 0 amide bonds. The topological polar surface area (TPSA) is 12.9 Å². The minimum Gasteiger partial charge on any atom is -0.256 e. The molecular formula is C11H7N. The molecule has 1 heterocycles. The molecule has 0 saturated heterocycles. The standard InChI is InChI=1S/C11H7N/c1-2-9-5-6-11-10(8-9)4-3-7-12-11/h1,3-8H. The van der Waals surface area contributed by atoms with Crippen molar-refractivity contribution in [1.29, 1.82) is 0 Å². The Balaban J connectivity index is 2.78. The van der Waals surface area contributed by atoms with Gasteiger partial charge in [-0.2, -0.15) is 0 Å². The molecule has 1 nitrogen and oxygen atoms in total. The summed E-state index contributed by atoms with van der Waals surface area (Å²) in [4.78, 5) is 4.19. The number of hydrogen-bond acceptors (Lipinski definition) is 1. The lowest BCUT2D eigenvalue weighted by atomic mass is 10.1. The number of rotatable bonds is 0. The van der Waals surface area contributed by atoms with Gasteiger partial charge in [-0.05, 0) is 24.3 Å². The minimum atomic E-state index is 0.899. The van der Waals surface area contributed by atoms with Gasteiger partial charge in [-0.1, -0.05) is 12.0 Å². The Hall–Kier alpha value is -1.81. The van der Waals surface area contributed by atoms with Gasteiger partial charge in [-0.3, -0.25) is 4.98 Å². The maximum atomic E-state index is 5.27. The van der Waals surface area contributed by atoms with E-state index in [2.05, 4.69) is 10.9 Å². The number of pyridine rings is 1. The van der Waals surface area contributed by atoms with E-state index in [1.54, 1.807) is 6.20 Å². The molecule has 1 aromatic carbocycles. The molecule has 0 aliphatic heterocycles. The number of fused-ring (bicyclic) bond motifs is 1. The predicted molar refractivity (Wildman–Crippen MR) is 49.7 cm³/mol. The van der Waals surface area contributed by atoms with E-state index in [-0.39, 0.29) is 0 Å². The maximum Gasteiger partial charge on any atom is 0.0702 e. The van der Waals surface area contributed by atoms with Crippen molar-refractivity contribution >= 4 is 10.9 Å². The van der Waals surface area contributed by atoms with Gasteiger partial charge in [0.15, 0.2) is 0 Å². The van der Waals surface area contributed by atoms with Crippen molar-refractivity contribution in [2.45, 2.75) is 0 Å². The number of hydrogen-bond donors (Lipinski definition) is 0. The molecule has 2 aromatic rings. The zero-order valence-corrected chi connectivity index (χ0v) is 6.49. The molecule has 0 unspecified atom stereocenters. The SMILES string of the molecule is C#Cc1ccc2ncccc2c1. The van der Waals surface area contributed by atoms with Crippen molar-refractivity contribution in [3.05, 3.63) is 42.1 Å². The molecule has 2 rings (SSSR count). The monoisotopic (exact) mass is 153 g/mol. The number of benzene rings is 1. The summed E-state index contributed by atoms with van der Waals surface area (Å²) in [5, 5.41) is 1.09. The van der Waals surface area contributed by atoms with Crippen LogP contribution in [-0.2, 0) is 0 Å². The van der Waals surface area contributed by atoms with Crippen LogP contribution in [0.25, 0.3) is 10.9 Å². The molecule has 0 bridgehead atoms. The second-order valence-corrected chi connectivity index (χ2v) is 2.56. The van der Waals surface area contributed by atoms with Crippen LogP contribution < -0.4 is 0 Å². The van der Waals surface area contributed by atoms with Crippen molar-refractivity contribution in [2.75, 3.05) is 0 Å². The number of terminal acetylenes is 1. The molecule has 0 aliphatic carbocycles. The lowest BCUT2D eigenvalue weighted by molar-refractivity contribution is 1.41. The van der Waals surface area contributed by atoms with Crippen molar-refractivity contribution in [1.82, 2.24) is 4.98 Å². The first-order valence-electron chi connectivity index (χ1n) is 3.71. The van der Waals surface area contributed by atoms with Crippen molar-refractivity contribution < 1.29 is 0 Å². The molecule has 56 valence electrons. The third kappa shape index (κ3) is 1.04. The van der Waals surface area contributed by atoms with Crippen molar-refractivity contribution in [3.8, 4) is 12.3 Å². The van der Waals surface area contributed by atoms with E-state index in [1.807, 2.05) is 30.3 Å². The highest BCUT2D eigenvalue weighted by molar-refractivity contribution is 5.79. The average Bonchev–Trinajstić information content (AvgIpc) is 2.17. The first-order chi connectivity index (χ1) is 5.90. The fourth-order valence-electron chi connectivity index (χ4n) is 1.17. The fourth-order valence-corrected chi connectivity index (χ4v) is 1.17. The summed E-state index contributed by atoms with van der Waals surface area (Å²) < 4.78 is 0. The average molecular weight is 153 g/mol. The summed E-state index contributed by atoms with van der Waals surface area (Å²) in [5.74, 6) is 2.59. The van der Waals surface area contributed by atoms with Crippen molar-refractivity contribution in [3.63, 3.8) is 0 Å². The van der Waals surface area contributed by atoms with E-state index in [0.29, 0.717) is 0 Å². The molecule has 1 heteroatoms. The lowest BCUT2D eigenvalue weighted by Gasteiger charge is -1.95. The first-order valence-corrected chi connectivity index (χ1v) is 3.71. The first kappa shape index (κ1) is 6.87. The maximum absolute atomic E-state index is 5.27. The summed E-state index contributed by atoms with van der Waals surface area (Å²) in [5.41, 5.74) is 1.88. The van der Waals surface area contributed by atoms with Crippen LogP contribution >= 0.6 is 0 Å². The summed E-state index contributed by atoms with van der Waals surface area (Å²) in [6.07, 6.45) is 7.05. The van der Waals surface area contributed by atoms with E-state index in [0.717, 1.165) is 16.5 Å². The van der Waals surface area contributed by atoms with Crippen LogP contribution in [0.2, 0.25) is 0 Å². The molecule has 0 radical (unpaired) electrons. The van der Waals surface area contributed by atoms with Gasteiger partial charge in [0, 0.05) is 17.1 Å². The smallest absolute Gasteiger partial charge is 0.0702 e. The van der Waals surface area contributed by atoms with Gasteiger partial charge in [0.25, 0.3) is 0 Å². The quantitative estimate of drug-likeness (QED) is 0.529. The van der Waals surface area contributed by atoms with Gasteiger partial charge in [-0.25, -0.2) is 0 Å². The molecule has 0 fully saturated rings. The fraction of sp³-hybridized carbons (Fsp3) is 0. The molecule has 0 N–H and O–H groups in total. The van der Waals surface area contributed by atoms with Gasteiger partial charge >= 0.3 is 0 Å². The molecular weight excluding hydrogens is 146 g/mol.